The van der Waals surface area contributed by atoms with Crippen LogP contribution in [0.3, 0.4) is 0 Å². The first-order valence-electron chi connectivity index (χ1n) is 7.11. The van der Waals surface area contributed by atoms with E-state index in [0.717, 1.165) is 35.2 Å². The molecule has 0 fully saturated rings. The second kappa shape index (κ2) is 6.29. The van der Waals surface area contributed by atoms with Crippen molar-refractivity contribution in [3.63, 3.8) is 0 Å². The van der Waals surface area contributed by atoms with E-state index in [4.69, 9.17) is 16.0 Å². The van der Waals surface area contributed by atoms with Crippen molar-refractivity contribution in [2.24, 2.45) is 0 Å². The first-order valence-corrected chi connectivity index (χ1v) is 7.49. The number of pyridine rings is 1. The van der Waals surface area contributed by atoms with Crippen LogP contribution in [0, 0.1) is 0 Å². The summed E-state index contributed by atoms with van der Waals surface area (Å²) in [4.78, 5) is 4.36. The Morgan fingerprint density at radius 3 is 2.90 bits per heavy atom. The molecule has 3 rings (SSSR count). The molecule has 21 heavy (non-hydrogen) atoms. The summed E-state index contributed by atoms with van der Waals surface area (Å²) in [6.07, 6.45) is 2.86. The molecule has 1 unspecified atom stereocenters. The van der Waals surface area contributed by atoms with Gasteiger partial charge in [0.15, 0.2) is 5.22 Å². The predicted molar refractivity (Wildman–Crippen MR) is 85.6 cm³/mol. The van der Waals surface area contributed by atoms with Crippen molar-refractivity contribution in [2.75, 3.05) is 6.54 Å². The fraction of sp³-hybridized carbons (Fsp3) is 0.235. The van der Waals surface area contributed by atoms with Crippen LogP contribution in [0.2, 0.25) is 5.22 Å². The summed E-state index contributed by atoms with van der Waals surface area (Å²) in [6.45, 7) is 3.05. The summed E-state index contributed by atoms with van der Waals surface area (Å²) >= 11 is 5.92. The number of rotatable bonds is 5. The number of furan rings is 1. The van der Waals surface area contributed by atoms with E-state index in [1.165, 1.54) is 0 Å². The van der Waals surface area contributed by atoms with Gasteiger partial charge in [-0.1, -0.05) is 19.1 Å². The zero-order valence-corrected chi connectivity index (χ0v) is 12.6. The quantitative estimate of drug-likeness (QED) is 0.750. The molecule has 0 aliphatic rings. The Hall–Kier alpha value is -1.84. The minimum Gasteiger partial charge on any atom is -0.448 e. The van der Waals surface area contributed by atoms with E-state index in [0.29, 0.717) is 5.22 Å². The van der Waals surface area contributed by atoms with Crippen molar-refractivity contribution < 1.29 is 4.42 Å². The van der Waals surface area contributed by atoms with Gasteiger partial charge < -0.3 is 9.73 Å². The highest BCUT2D eigenvalue weighted by molar-refractivity contribution is 6.28. The molecule has 1 aromatic carbocycles. The van der Waals surface area contributed by atoms with Gasteiger partial charge in [-0.3, -0.25) is 4.98 Å². The maximum atomic E-state index is 5.92. The van der Waals surface area contributed by atoms with Gasteiger partial charge in [0.2, 0.25) is 0 Å². The number of hydrogen-bond acceptors (Lipinski definition) is 3. The zero-order chi connectivity index (χ0) is 14.7. The normalized spacial score (nSPS) is 12.7. The average molecular weight is 301 g/mol. The topological polar surface area (TPSA) is 38.1 Å². The molecule has 0 bridgehead atoms. The SMILES string of the molecule is CCCNC(c1ccc2ncccc2c1)c1ccc(Cl)o1. The van der Waals surface area contributed by atoms with Gasteiger partial charge in [-0.05, 0) is 60.5 Å². The standard InChI is InChI=1S/C17H17ClN2O/c1-2-9-20-17(15-7-8-16(18)21-15)13-5-6-14-12(11-13)4-3-10-19-14/h3-8,10-11,17,20H,2,9H2,1H3. The maximum absolute atomic E-state index is 5.92. The van der Waals surface area contributed by atoms with Crippen molar-refractivity contribution in [3.05, 3.63) is 65.2 Å². The van der Waals surface area contributed by atoms with Gasteiger partial charge in [-0.2, -0.15) is 0 Å². The number of hydrogen-bond donors (Lipinski definition) is 1. The van der Waals surface area contributed by atoms with E-state index in [-0.39, 0.29) is 6.04 Å². The lowest BCUT2D eigenvalue weighted by atomic mass is 10.0. The molecule has 1 atom stereocenters. The highest BCUT2D eigenvalue weighted by atomic mass is 35.5. The van der Waals surface area contributed by atoms with Crippen molar-refractivity contribution >= 4 is 22.5 Å². The van der Waals surface area contributed by atoms with Crippen molar-refractivity contribution in [1.82, 2.24) is 10.3 Å². The summed E-state index contributed by atoms with van der Waals surface area (Å²) in [6, 6.07) is 14.0. The molecule has 2 heterocycles. The third-order valence-corrected chi connectivity index (χ3v) is 3.64. The Morgan fingerprint density at radius 1 is 1.24 bits per heavy atom. The maximum Gasteiger partial charge on any atom is 0.193 e. The highest BCUT2D eigenvalue weighted by Gasteiger charge is 2.17. The monoisotopic (exact) mass is 300 g/mol. The van der Waals surface area contributed by atoms with Gasteiger partial charge in [-0.15, -0.1) is 0 Å². The lowest BCUT2D eigenvalue weighted by molar-refractivity contribution is 0.448. The van der Waals surface area contributed by atoms with Crippen LogP contribution in [-0.2, 0) is 0 Å². The Morgan fingerprint density at radius 2 is 2.14 bits per heavy atom. The number of aromatic nitrogens is 1. The average Bonchev–Trinajstić information content (AvgIpc) is 2.94. The second-order valence-electron chi connectivity index (χ2n) is 4.98. The summed E-state index contributed by atoms with van der Waals surface area (Å²) < 4.78 is 5.60. The van der Waals surface area contributed by atoms with E-state index in [2.05, 4.69) is 35.4 Å². The largest absolute Gasteiger partial charge is 0.448 e. The Bertz CT molecular complexity index is 738. The summed E-state index contributed by atoms with van der Waals surface area (Å²) in [5.74, 6) is 0.830. The molecule has 0 saturated heterocycles. The van der Waals surface area contributed by atoms with Crippen molar-refractivity contribution in [3.8, 4) is 0 Å². The molecular weight excluding hydrogens is 284 g/mol. The molecule has 3 nitrogen and oxygen atoms in total. The van der Waals surface area contributed by atoms with Crippen LogP contribution in [0.5, 0.6) is 0 Å². The van der Waals surface area contributed by atoms with Gasteiger partial charge in [0, 0.05) is 11.6 Å². The van der Waals surface area contributed by atoms with Gasteiger partial charge in [0.25, 0.3) is 0 Å². The first kappa shape index (κ1) is 14.1. The number of fused-ring (bicyclic) bond motifs is 1. The van der Waals surface area contributed by atoms with Gasteiger partial charge in [-0.25, -0.2) is 0 Å². The molecule has 0 spiro atoms. The van der Waals surface area contributed by atoms with E-state index in [1.807, 2.05) is 18.2 Å². The molecule has 0 aliphatic carbocycles. The molecule has 4 heteroatoms. The molecule has 0 radical (unpaired) electrons. The number of benzene rings is 1. The fourth-order valence-electron chi connectivity index (χ4n) is 2.43. The minimum absolute atomic E-state index is 0.00190. The van der Waals surface area contributed by atoms with Crippen LogP contribution in [0.4, 0.5) is 0 Å². The zero-order valence-electron chi connectivity index (χ0n) is 11.8. The molecule has 0 saturated carbocycles. The number of nitrogens with zero attached hydrogens (tertiary/aromatic N) is 1. The van der Waals surface area contributed by atoms with E-state index < -0.39 is 0 Å². The Balaban J connectivity index is 2.00. The van der Waals surface area contributed by atoms with Crippen LogP contribution in [-0.4, -0.2) is 11.5 Å². The molecule has 2 aromatic heterocycles. The molecule has 108 valence electrons. The van der Waals surface area contributed by atoms with Crippen LogP contribution >= 0.6 is 11.6 Å². The molecule has 0 aliphatic heterocycles. The summed E-state index contributed by atoms with van der Waals surface area (Å²) in [5, 5.41) is 5.04. The molecule has 0 amide bonds. The van der Waals surface area contributed by atoms with Crippen LogP contribution < -0.4 is 5.32 Å². The van der Waals surface area contributed by atoms with Gasteiger partial charge >= 0.3 is 0 Å². The second-order valence-corrected chi connectivity index (χ2v) is 5.36. The molecule has 1 N–H and O–H groups in total. The predicted octanol–water partition coefficient (Wildman–Crippen LogP) is 4.57. The number of halogens is 1. The molecular formula is C17H17ClN2O. The van der Waals surface area contributed by atoms with Gasteiger partial charge in [0.05, 0.1) is 11.6 Å². The summed E-state index contributed by atoms with van der Waals surface area (Å²) in [5.41, 5.74) is 2.14. The van der Waals surface area contributed by atoms with E-state index >= 15 is 0 Å². The van der Waals surface area contributed by atoms with Crippen LogP contribution in [0.15, 0.2) is 53.1 Å². The van der Waals surface area contributed by atoms with Crippen molar-refractivity contribution in [1.29, 1.82) is 0 Å². The Labute approximate surface area is 128 Å². The summed E-state index contributed by atoms with van der Waals surface area (Å²) in [7, 11) is 0. The Kier molecular flexibility index (Phi) is 4.23. The van der Waals surface area contributed by atoms with Gasteiger partial charge in [0.1, 0.15) is 5.76 Å². The first-order chi connectivity index (χ1) is 10.3. The third kappa shape index (κ3) is 3.09. The fourth-order valence-corrected chi connectivity index (χ4v) is 2.58. The van der Waals surface area contributed by atoms with Crippen LogP contribution in [0.25, 0.3) is 10.9 Å². The smallest absolute Gasteiger partial charge is 0.193 e. The lowest BCUT2D eigenvalue weighted by Crippen LogP contribution is -2.22. The van der Waals surface area contributed by atoms with E-state index in [9.17, 15) is 0 Å². The van der Waals surface area contributed by atoms with Crippen LogP contribution in [0.1, 0.15) is 30.7 Å². The number of nitrogens with one attached hydrogen (secondary N) is 1. The highest BCUT2D eigenvalue weighted by Crippen LogP contribution is 2.27. The minimum atomic E-state index is 0.00190. The van der Waals surface area contributed by atoms with E-state index in [1.54, 1.807) is 12.3 Å². The molecule has 3 aromatic rings. The van der Waals surface area contributed by atoms with Crippen molar-refractivity contribution in [2.45, 2.75) is 19.4 Å². The lowest BCUT2D eigenvalue weighted by Gasteiger charge is -2.17. The third-order valence-electron chi connectivity index (χ3n) is 3.44.